The smallest absolute Gasteiger partial charge is 0.261 e. The molecule has 0 radical (unpaired) electrons. The standard InChI is InChI=1S/C12H10N4O2S/c17-19(18,11-4-2-1-3-5-11)15-10-8-13-12-6-7-14-16(12)9-10/h1-9,15H. The summed E-state index contributed by atoms with van der Waals surface area (Å²) in [6.45, 7) is 0. The van der Waals surface area contributed by atoms with E-state index in [1.165, 1.54) is 22.8 Å². The third-order valence-electron chi connectivity index (χ3n) is 2.55. The third-order valence-corrected chi connectivity index (χ3v) is 3.95. The van der Waals surface area contributed by atoms with Crippen molar-refractivity contribution in [3.05, 3.63) is 55.0 Å². The number of nitrogens with one attached hydrogen (secondary N) is 1. The van der Waals surface area contributed by atoms with Crippen LogP contribution in [0, 0.1) is 0 Å². The Morgan fingerprint density at radius 2 is 1.89 bits per heavy atom. The Labute approximate surface area is 109 Å². The average molecular weight is 274 g/mol. The fourth-order valence-corrected chi connectivity index (χ4v) is 2.73. The molecule has 3 aromatic rings. The van der Waals surface area contributed by atoms with Crippen molar-refractivity contribution in [1.29, 1.82) is 0 Å². The highest BCUT2D eigenvalue weighted by Crippen LogP contribution is 2.14. The largest absolute Gasteiger partial charge is 0.276 e. The fraction of sp³-hybridized carbons (Fsp3) is 0. The van der Waals surface area contributed by atoms with Crippen molar-refractivity contribution in [3.63, 3.8) is 0 Å². The first-order valence-corrected chi connectivity index (χ1v) is 7.01. The Morgan fingerprint density at radius 3 is 2.68 bits per heavy atom. The van der Waals surface area contributed by atoms with Crippen LogP contribution in [0.2, 0.25) is 0 Å². The zero-order chi connectivity index (χ0) is 13.3. The van der Waals surface area contributed by atoms with Crippen LogP contribution in [0.25, 0.3) is 5.65 Å². The number of fused-ring (bicyclic) bond motifs is 1. The Morgan fingerprint density at radius 1 is 1.11 bits per heavy atom. The maximum absolute atomic E-state index is 12.1. The Hall–Kier alpha value is -2.41. The fourth-order valence-electron chi connectivity index (χ4n) is 1.68. The van der Waals surface area contributed by atoms with Gasteiger partial charge in [0.2, 0.25) is 0 Å². The number of hydrogen-bond donors (Lipinski definition) is 1. The van der Waals surface area contributed by atoms with Crippen LogP contribution in [-0.4, -0.2) is 23.0 Å². The summed E-state index contributed by atoms with van der Waals surface area (Å²) in [5.41, 5.74) is 1.02. The Balaban J connectivity index is 1.96. The van der Waals surface area contributed by atoms with Crippen LogP contribution in [0.15, 0.2) is 59.9 Å². The molecular formula is C12H10N4O2S. The molecule has 2 heterocycles. The summed E-state index contributed by atoms with van der Waals surface area (Å²) in [7, 11) is -3.60. The number of sulfonamides is 1. The lowest BCUT2D eigenvalue weighted by Gasteiger charge is -2.07. The van der Waals surface area contributed by atoms with Gasteiger partial charge in [0.15, 0.2) is 5.65 Å². The molecule has 0 saturated heterocycles. The lowest BCUT2D eigenvalue weighted by Crippen LogP contribution is -2.13. The molecule has 6 nitrogen and oxygen atoms in total. The number of nitrogens with zero attached hydrogens (tertiary/aromatic N) is 3. The number of anilines is 1. The van der Waals surface area contributed by atoms with Crippen LogP contribution in [0.5, 0.6) is 0 Å². The summed E-state index contributed by atoms with van der Waals surface area (Å²) in [4.78, 5) is 4.30. The van der Waals surface area contributed by atoms with E-state index in [2.05, 4.69) is 14.8 Å². The zero-order valence-electron chi connectivity index (χ0n) is 9.76. The zero-order valence-corrected chi connectivity index (χ0v) is 10.6. The van der Waals surface area contributed by atoms with Gasteiger partial charge < -0.3 is 0 Å². The number of hydrogen-bond acceptors (Lipinski definition) is 4. The van der Waals surface area contributed by atoms with Gasteiger partial charge in [0.05, 0.1) is 29.2 Å². The highest BCUT2D eigenvalue weighted by atomic mass is 32.2. The normalized spacial score (nSPS) is 11.6. The average Bonchev–Trinajstić information content (AvgIpc) is 2.87. The molecule has 0 aliphatic rings. The van der Waals surface area contributed by atoms with Gasteiger partial charge in [-0.25, -0.2) is 17.9 Å². The summed E-state index contributed by atoms with van der Waals surface area (Å²) >= 11 is 0. The lowest BCUT2D eigenvalue weighted by atomic mass is 10.4. The maximum Gasteiger partial charge on any atom is 0.261 e. The van der Waals surface area contributed by atoms with Crippen molar-refractivity contribution in [2.24, 2.45) is 0 Å². The van der Waals surface area contributed by atoms with Gasteiger partial charge in [0.25, 0.3) is 10.0 Å². The molecule has 0 saturated carbocycles. The van der Waals surface area contributed by atoms with Gasteiger partial charge >= 0.3 is 0 Å². The highest BCUT2D eigenvalue weighted by Gasteiger charge is 2.13. The highest BCUT2D eigenvalue weighted by molar-refractivity contribution is 7.92. The van der Waals surface area contributed by atoms with Gasteiger partial charge in [0, 0.05) is 6.07 Å². The maximum atomic E-state index is 12.1. The minimum Gasteiger partial charge on any atom is -0.276 e. The molecule has 0 bridgehead atoms. The molecule has 7 heteroatoms. The van der Waals surface area contributed by atoms with Gasteiger partial charge in [-0.15, -0.1) is 0 Å². The van der Waals surface area contributed by atoms with Gasteiger partial charge in [-0.2, -0.15) is 5.10 Å². The lowest BCUT2D eigenvalue weighted by molar-refractivity contribution is 0.601. The van der Waals surface area contributed by atoms with Crippen molar-refractivity contribution in [1.82, 2.24) is 14.6 Å². The molecule has 0 spiro atoms. The predicted octanol–water partition coefficient (Wildman–Crippen LogP) is 1.53. The number of aromatic nitrogens is 3. The molecule has 0 unspecified atom stereocenters. The van der Waals surface area contributed by atoms with Gasteiger partial charge in [-0.3, -0.25) is 4.72 Å². The first kappa shape index (κ1) is 11.7. The molecule has 0 aliphatic carbocycles. The van der Waals surface area contributed by atoms with E-state index in [-0.39, 0.29) is 4.90 Å². The molecule has 0 amide bonds. The minimum absolute atomic E-state index is 0.204. The molecule has 0 fully saturated rings. The second-order valence-corrected chi connectivity index (χ2v) is 5.58. The second kappa shape index (κ2) is 4.36. The van der Waals surface area contributed by atoms with Gasteiger partial charge in [-0.05, 0) is 12.1 Å². The van der Waals surface area contributed by atoms with E-state index in [1.807, 2.05) is 0 Å². The monoisotopic (exact) mass is 274 g/mol. The topological polar surface area (TPSA) is 76.4 Å². The predicted molar refractivity (Wildman–Crippen MR) is 70.2 cm³/mol. The first-order chi connectivity index (χ1) is 9.15. The first-order valence-electron chi connectivity index (χ1n) is 5.52. The van der Waals surface area contributed by atoms with E-state index >= 15 is 0 Å². The number of benzene rings is 1. The van der Waals surface area contributed by atoms with Crippen LogP contribution in [0.3, 0.4) is 0 Å². The Kier molecular flexibility index (Phi) is 2.68. The molecule has 0 atom stereocenters. The van der Waals surface area contributed by atoms with Crippen LogP contribution in [-0.2, 0) is 10.0 Å². The third kappa shape index (κ3) is 2.27. The van der Waals surface area contributed by atoms with Crippen LogP contribution in [0.4, 0.5) is 5.69 Å². The van der Waals surface area contributed by atoms with E-state index < -0.39 is 10.0 Å². The summed E-state index contributed by atoms with van der Waals surface area (Å²) in [5.74, 6) is 0. The van der Waals surface area contributed by atoms with Crippen LogP contribution < -0.4 is 4.72 Å². The summed E-state index contributed by atoms with van der Waals surface area (Å²) in [6.07, 6.45) is 4.62. The molecule has 2 aromatic heterocycles. The molecule has 3 rings (SSSR count). The van der Waals surface area contributed by atoms with E-state index in [0.717, 1.165) is 0 Å². The Bertz CT molecular complexity index is 812. The minimum atomic E-state index is -3.60. The molecule has 19 heavy (non-hydrogen) atoms. The van der Waals surface area contributed by atoms with Crippen LogP contribution >= 0.6 is 0 Å². The SMILES string of the molecule is O=S(=O)(Nc1cnc2ccnn2c1)c1ccccc1. The second-order valence-electron chi connectivity index (χ2n) is 3.90. The molecule has 0 aliphatic heterocycles. The number of rotatable bonds is 3. The van der Waals surface area contributed by atoms with Gasteiger partial charge in [-0.1, -0.05) is 18.2 Å². The van der Waals surface area contributed by atoms with Crippen molar-refractivity contribution < 1.29 is 8.42 Å². The molecule has 96 valence electrons. The van der Waals surface area contributed by atoms with Crippen molar-refractivity contribution in [3.8, 4) is 0 Å². The molecular weight excluding hydrogens is 264 g/mol. The summed E-state index contributed by atoms with van der Waals surface area (Å²) in [6, 6.07) is 9.89. The molecule has 1 N–H and O–H groups in total. The van der Waals surface area contributed by atoms with E-state index in [1.54, 1.807) is 36.7 Å². The van der Waals surface area contributed by atoms with E-state index in [9.17, 15) is 8.42 Å². The quantitative estimate of drug-likeness (QED) is 0.785. The van der Waals surface area contributed by atoms with Crippen molar-refractivity contribution >= 4 is 21.4 Å². The summed E-state index contributed by atoms with van der Waals surface area (Å²) in [5, 5.41) is 4.00. The van der Waals surface area contributed by atoms with E-state index in [4.69, 9.17) is 0 Å². The molecule has 1 aromatic carbocycles. The van der Waals surface area contributed by atoms with Gasteiger partial charge in [0.1, 0.15) is 0 Å². The summed E-state index contributed by atoms with van der Waals surface area (Å²) < 4.78 is 28.2. The van der Waals surface area contributed by atoms with Crippen molar-refractivity contribution in [2.75, 3.05) is 4.72 Å². The van der Waals surface area contributed by atoms with E-state index in [0.29, 0.717) is 11.3 Å². The van der Waals surface area contributed by atoms with Crippen molar-refractivity contribution in [2.45, 2.75) is 4.90 Å². The van der Waals surface area contributed by atoms with Crippen LogP contribution in [0.1, 0.15) is 0 Å².